The zero-order chi connectivity index (χ0) is 14.7. The summed E-state index contributed by atoms with van der Waals surface area (Å²) in [6, 6.07) is 4.53. The van der Waals surface area contributed by atoms with Crippen LogP contribution in [-0.4, -0.2) is 42.2 Å². The average molecular weight is 294 g/mol. The lowest BCUT2D eigenvalue weighted by Crippen LogP contribution is -2.50. The summed E-state index contributed by atoms with van der Waals surface area (Å²) >= 11 is 0. The van der Waals surface area contributed by atoms with Gasteiger partial charge in [-0.25, -0.2) is 8.42 Å². The van der Waals surface area contributed by atoms with Crippen LogP contribution in [0.3, 0.4) is 0 Å². The van der Waals surface area contributed by atoms with E-state index in [1.807, 2.05) is 0 Å². The molecule has 2 aliphatic heterocycles. The monoisotopic (exact) mass is 294 g/mol. The highest BCUT2D eigenvalue weighted by atomic mass is 32.2. The van der Waals surface area contributed by atoms with Crippen LogP contribution in [-0.2, 0) is 9.84 Å². The van der Waals surface area contributed by atoms with Gasteiger partial charge in [0.2, 0.25) is 0 Å². The number of amides is 2. The van der Waals surface area contributed by atoms with Gasteiger partial charge in [0.05, 0.1) is 28.2 Å². The van der Waals surface area contributed by atoms with Gasteiger partial charge in [0.15, 0.2) is 9.84 Å². The van der Waals surface area contributed by atoms with Crippen LogP contribution in [0.2, 0.25) is 0 Å². The molecule has 2 aliphatic rings. The second kappa shape index (κ2) is 3.82. The Hall–Kier alpha value is -1.89. The Morgan fingerprint density at radius 2 is 1.85 bits per heavy atom. The zero-order valence-electron chi connectivity index (χ0n) is 10.9. The molecule has 1 atom stereocenters. The van der Waals surface area contributed by atoms with Gasteiger partial charge in [0, 0.05) is 5.69 Å². The Bertz CT molecular complexity index is 741. The molecule has 0 aliphatic carbocycles. The molecule has 0 bridgehead atoms. The van der Waals surface area contributed by atoms with Crippen molar-refractivity contribution in [2.75, 3.05) is 17.2 Å². The smallest absolute Gasteiger partial charge is 0.262 e. The minimum atomic E-state index is -3.20. The molecule has 0 aromatic heterocycles. The Balaban J connectivity index is 2.07. The molecule has 1 saturated heterocycles. The Labute approximate surface area is 116 Å². The lowest BCUT2D eigenvalue weighted by molar-refractivity contribution is 0.0491. The maximum absolute atomic E-state index is 12.4. The first-order valence-corrected chi connectivity index (χ1v) is 8.04. The molecule has 0 saturated carbocycles. The molecule has 0 spiro atoms. The molecule has 2 amide bonds. The van der Waals surface area contributed by atoms with Crippen LogP contribution >= 0.6 is 0 Å². The number of benzene rings is 1. The molecule has 0 radical (unpaired) electrons. The summed E-state index contributed by atoms with van der Waals surface area (Å²) in [7, 11) is -3.20. The van der Waals surface area contributed by atoms with Gasteiger partial charge in [-0.3, -0.25) is 14.5 Å². The Kier molecular flexibility index (Phi) is 2.50. The maximum Gasteiger partial charge on any atom is 0.262 e. The van der Waals surface area contributed by atoms with E-state index in [0.29, 0.717) is 5.69 Å². The lowest BCUT2D eigenvalue weighted by atomic mass is 9.99. The first-order chi connectivity index (χ1) is 9.23. The Morgan fingerprint density at radius 3 is 2.45 bits per heavy atom. The molecule has 3 rings (SSSR count). The topological polar surface area (TPSA) is 97.5 Å². The number of imide groups is 1. The summed E-state index contributed by atoms with van der Waals surface area (Å²) in [5.74, 6) is -1.08. The fourth-order valence-electron chi connectivity index (χ4n) is 2.92. The van der Waals surface area contributed by atoms with Crippen molar-refractivity contribution in [2.45, 2.75) is 18.9 Å². The van der Waals surface area contributed by atoms with Crippen molar-refractivity contribution < 1.29 is 18.0 Å². The van der Waals surface area contributed by atoms with E-state index in [0.717, 1.165) is 4.90 Å². The van der Waals surface area contributed by atoms with Gasteiger partial charge >= 0.3 is 0 Å². The number of fused-ring (bicyclic) bond motifs is 1. The normalized spacial score (nSPS) is 27.9. The number of nitrogens with two attached hydrogens (primary N) is 1. The van der Waals surface area contributed by atoms with Crippen LogP contribution in [0, 0.1) is 0 Å². The van der Waals surface area contributed by atoms with Crippen molar-refractivity contribution in [2.24, 2.45) is 0 Å². The number of anilines is 1. The quantitative estimate of drug-likeness (QED) is 0.599. The van der Waals surface area contributed by atoms with Crippen LogP contribution in [0.4, 0.5) is 5.69 Å². The maximum atomic E-state index is 12.4. The summed E-state index contributed by atoms with van der Waals surface area (Å²) in [6.07, 6.45) is 0.274. The number of rotatable bonds is 1. The van der Waals surface area contributed by atoms with Gasteiger partial charge in [-0.15, -0.1) is 0 Å². The van der Waals surface area contributed by atoms with E-state index < -0.39 is 27.2 Å². The van der Waals surface area contributed by atoms with Crippen molar-refractivity contribution in [3.63, 3.8) is 0 Å². The SMILES string of the molecule is CC1(N2C(=O)c3ccc(N)cc3C2=O)CCS(=O)(=O)C1. The second-order valence-electron chi connectivity index (χ2n) is 5.59. The van der Waals surface area contributed by atoms with Crippen molar-refractivity contribution in [1.29, 1.82) is 0 Å². The van der Waals surface area contributed by atoms with Crippen molar-refractivity contribution in [1.82, 2.24) is 4.90 Å². The minimum Gasteiger partial charge on any atom is -0.399 e. The summed E-state index contributed by atoms with van der Waals surface area (Å²) in [5, 5.41) is 0. The van der Waals surface area contributed by atoms with Crippen LogP contribution < -0.4 is 5.73 Å². The molecule has 1 unspecified atom stereocenters. The third kappa shape index (κ3) is 1.73. The van der Waals surface area contributed by atoms with Gasteiger partial charge in [0.1, 0.15) is 0 Å². The molecule has 7 heteroatoms. The molecule has 2 N–H and O–H groups in total. The minimum absolute atomic E-state index is 0.000948. The van der Waals surface area contributed by atoms with Gasteiger partial charge in [-0.2, -0.15) is 0 Å². The number of carbonyl (C=O) groups excluding carboxylic acids is 2. The first-order valence-electron chi connectivity index (χ1n) is 6.22. The lowest BCUT2D eigenvalue weighted by Gasteiger charge is -2.32. The van der Waals surface area contributed by atoms with E-state index in [1.165, 1.54) is 12.1 Å². The number of nitrogen functional groups attached to an aromatic ring is 1. The Morgan fingerprint density at radius 1 is 1.20 bits per heavy atom. The van der Waals surface area contributed by atoms with Gasteiger partial charge in [-0.1, -0.05) is 0 Å². The molecular formula is C13H14N2O4S. The van der Waals surface area contributed by atoms with Crippen molar-refractivity contribution in [3.05, 3.63) is 29.3 Å². The van der Waals surface area contributed by atoms with Crippen LogP contribution in [0.15, 0.2) is 18.2 Å². The molecule has 1 aromatic carbocycles. The molecule has 20 heavy (non-hydrogen) atoms. The summed E-state index contributed by atoms with van der Waals surface area (Å²) < 4.78 is 23.3. The number of hydrogen-bond acceptors (Lipinski definition) is 5. The van der Waals surface area contributed by atoms with E-state index in [1.54, 1.807) is 13.0 Å². The number of carbonyl (C=O) groups is 2. The van der Waals surface area contributed by atoms with Crippen molar-refractivity contribution >= 4 is 27.3 Å². The number of hydrogen-bond donors (Lipinski definition) is 1. The standard InChI is InChI=1S/C13H14N2O4S/c1-13(4-5-20(18,19)7-13)15-11(16)9-3-2-8(14)6-10(9)12(15)17/h2-3,6H,4-5,7,14H2,1H3. The fourth-order valence-corrected chi connectivity index (χ4v) is 5.03. The molecule has 1 fully saturated rings. The molecule has 1 aromatic rings. The van der Waals surface area contributed by atoms with Crippen LogP contribution in [0.1, 0.15) is 34.1 Å². The van der Waals surface area contributed by atoms with Crippen molar-refractivity contribution in [3.8, 4) is 0 Å². The third-order valence-corrected chi connectivity index (χ3v) is 5.82. The van der Waals surface area contributed by atoms with E-state index in [-0.39, 0.29) is 29.1 Å². The van der Waals surface area contributed by atoms with Gasteiger partial charge < -0.3 is 5.73 Å². The summed E-state index contributed by atoms with van der Waals surface area (Å²) in [4.78, 5) is 25.9. The first kappa shape index (κ1) is 13.1. The highest BCUT2D eigenvalue weighted by Crippen LogP contribution is 2.36. The van der Waals surface area contributed by atoms with Crippen LogP contribution in [0.5, 0.6) is 0 Å². The highest BCUT2D eigenvalue weighted by molar-refractivity contribution is 7.91. The zero-order valence-corrected chi connectivity index (χ0v) is 11.7. The largest absolute Gasteiger partial charge is 0.399 e. The molecule has 106 valence electrons. The van der Waals surface area contributed by atoms with E-state index >= 15 is 0 Å². The summed E-state index contributed by atoms with van der Waals surface area (Å²) in [6.45, 7) is 1.64. The fraction of sp³-hybridized carbons (Fsp3) is 0.385. The summed E-state index contributed by atoms with van der Waals surface area (Å²) in [5.41, 5.74) is 5.60. The number of sulfone groups is 1. The van der Waals surface area contributed by atoms with E-state index in [4.69, 9.17) is 5.73 Å². The van der Waals surface area contributed by atoms with E-state index in [2.05, 4.69) is 0 Å². The third-order valence-electron chi connectivity index (χ3n) is 3.93. The molecular weight excluding hydrogens is 280 g/mol. The predicted molar refractivity (Wildman–Crippen MR) is 73.0 cm³/mol. The van der Waals surface area contributed by atoms with Crippen LogP contribution in [0.25, 0.3) is 0 Å². The predicted octanol–water partition coefficient (Wildman–Crippen LogP) is 0.442. The van der Waals surface area contributed by atoms with Gasteiger partial charge in [-0.05, 0) is 31.5 Å². The van der Waals surface area contributed by atoms with Gasteiger partial charge in [0.25, 0.3) is 11.8 Å². The molecule has 2 heterocycles. The number of nitrogens with zero attached hydrogens (tertiary/aromatic N) is 1. The van der Waals surface area contributed by atoms with E-state index in [9.17, 15) is 18.0 Å². The second-order valence-corrected chi connectivity index (χ2v) is 7.77. The highest BCUT2D eigenvalue weighted by Gasteiger charge is 2.51. The molecule has 6 nitrogen and oxygen atoms in total. The average Bonchev–Trinajstić information content (AvgIpc) is 2.76.